The van der Waals surface area contributed by atoms with Crippen molar-refractivity contribution in [1.82, 2.24) is 40.4 Å². The number of aromatic amines is 2. The van der Waals surface area contributed by atoms with Crippen LogP contribution in [0.15, 0.2) is 54.7 Å². The molecule has 14 nitrogen and oxygen atoms in total. The summed E-state index contributed by atoms with van der Waals surface area (Å²) in [5.74, 6) is 1.53. The predicted molar refractivity (Wildman–Crippen MR) is 237 cm³/mol. The minimum Gasteiger partial charge on any atom is -0.453 e. The van der Waals surface area contributed by atoms with Gasteiger partial charge in [-0.1, -0.05) is 77.2 Å². The van der Waals surface area contributed by atoms with Gasteiger partial charge >= 0.3 is 12.2 Å². The van der Waals surface area contributed by atoms with Crippen LogP contribution in [0.25, 0.3) is 44.2 Å². The van der Waals surface area contributed by atoms with E-state index in [4.69, 9.17) is 19.4 Å². The molecule has 1 saturated carbocycles. The van der Waals surface area contributed by atoms with Crippen LogP contribution in [0.1, 0.15) is 88.6 Å². The number of carbonyl (C=O) groups is 4. The highest BCUT2D eigenvalue weighted by molar-refractivity contribution is 6.78. The van der Waals surface area contributed by atoms with Gasteiger partial charge in [-0.2, -0.15) is 0 Å². The molecule has 2 saturated heterocycles. The molecule has 3 fully saturated rings. The Morgan fingerprint density at radius 1 is 0.787 bits per heavy atom. The summed E-state index contributed by atoms with van der Waals surface area (Å²) in [6.45, 7) is 12.9. The number of H-pyrrole nitrogens is 2. The topological polar surface area (TPSA) is 175 Å². The van der Waals surface area contributed by atoms with Gasteiger partial charge in [0.2, 0.25) is 11.8 Å². The molecule has 3 aromatic carbocycles. The van der Waals surface area contributed by atoms with Gasteiger partial charge in [-0.25, -0.2) is 19.6 Å². The molecule has 8 rings (SSSR count). The Kier molecular flexibility index (Phi) is 11.5. The summed E-state index contributed by atoms with van der Waals surface area (Å²) in [4.78, 5) is 73.0. The first-order valence-electron chi connectivity index (χ1n) is 21.6. The molecule has 1 aliphatic carbocycles. The number of aromatic nitrogens is 4. The molecule has 0 bridgehead atoms. The summed E-state index contributed by atoms with van der Waals surface area (Å²) in [5.41, 5.74) is 7.37. The van der Waals surface area contributed by atoms with E-state index in [2.05, 4.69) is 82.2 Å². The number of fused-ring (bicyclic) bond motifs is 3. The van der Waals surface area contributed by atoms with Crippen LogP contribution in [0.2, 0.25) is 19.1 Å². The van der Waals surface area contributed by atoms with Crippen molar-refractivity contribution in [2.24, 2.45) is 11.8 Å². The third kappa shape index (κ3) is 8.36. The van der Waals surface area contributed by atoms with E-state index >= 15 is 0 Å². The number of likely N-dealkylation sites (tertiary alicyclic amines) is 1. The monoisotopic (exact) mass is 846 g/mol. The lowest BCUT2D eigenvalue weighted by Crippen LogP contribution is -2.52. The number of amides is 4. The van der Waals surface area contributed by atoms with Crippen LogP contribution in [0.4, 0.5) is 9.59 Å². The van der Waals surface area contributed by atoms with Gasteiger partial charge in [0.05, 0.1) is 57.3 Å². The third-order valence-electron chi connectivity index (χ3n) is 12.7. The molecule has 322 valence electrons. The van der Waals surface area contributed by atoms with E-state index in [0.29, 0.717) is 18.6 Å². The van der Waals surface area contributed by atoms with E-state index in [1.54, 1.807) is 0 Å². The van der Waals surface area contributed by atoms with Crippen LogP contribution in [-0.4, -0.2) is 101 Å². The van der Waals surface area contributed by atoms with Crippen molar-refractivity contribution in [2.75, 3.05) is 26.9 Å². The number of benzene rings is 3. The second-order valence-corrected chi connectivity index (χ2v) is 23.6. The molecule has 15 heteroatoms. The van der Waals surface area contributed by atoms with Gasteiger partial charge in [0.1, 0.15) is 23.7 Å². The first kappa shape index (κ1) is 42.0. The molecule has 4 amide bonds. The standard InChI is InChI=1S/C46H58N8O6Si/c1-25(2)38(51-45(57)59-5)43(55)53-19-9-10-36(53)42-48-34-18-15-30-20-28(13-16-31(30)40(34)50-42)29-14-17-32(33(21-29)27-11-12-27)35-22-47-41(49-35)37-23-61(7,8)24-54(37)44(56)39(26(3)4)52-46(58)60-6/h13-18,20-22,25-27,36-39H,9-12,19,23-24H2,1-8H3,(H,47,49)(H,48,50)(H,51,57)(H,52,58)/t36-,37-,38-,39-/m0/s1. The lowest BCUT2D eigenvalue weighted by molar-refractivity contribution is -0.136. The number of ether oxygens (including phenoxy) is 2. The zero-order chi connectivity index (χ0) is 43.3. The predicted octanol–water partition coefficient (Wildman–Crippen LogP) is 8.21. The molecule has 4 atom stereocenters. The van der Waals surface area contributed by atoms with Crippen molar-refractivity contribution in [3.8, 4) is 22.4 Å². The highest BCUT2D eigenvalue weighted by Gasteiger charge is 2.46. The highest BCUT2D eigenvalue weighted by atomic mass is 28.3. The summed E-state index contributed by atoms with van der Waals surface area (Å²) < 4.78 is 9.65. The molecular weight excluding hydrogens is 789 g/mol. The number of carbonyl (C=O) groups excluding carboxylic acids is 4. The largest absolute Gasteiger partial charge is 0.453 e. The number of alkyl carbamates (subject to hydrolysis) is 2. The van der Waals surface area contributed by atoms with Gasteiger partial charge in [0.15, 0.2) is 0 Å². The zero-order valence-corrected chi connectivity index (χ0v) is 37.4. The highest BCUT2D eigenvalue weighted by Crippen LogP contribution is 2.46. The second-order valence-electron chi connectivity index (χ2n) is 18.5. The van der Waals surface area contributed by atoms with Gasteiger partial charge in [0.25, 0.3) is 0 Å². The molecular formula is C46H58N8O6Si. The fourth-order valence-electron chi connectivity index (χ4n) is 9.34. The summed E-state index contributed by atoms with van der Waals surface area (Å²) in [6, 6.07) is 16.4. The van der Waals surface area contributed by atoms with Gasteiger partial charge in [-0.05, 0) is 83.7 Å². The maximum atomic E-state index is 14.0. The van der Waals surface area contributed by atoms with Crippen LogP contribution in [-0.2, 0) is 19.1 Å². The van der Waals surface area contributed by atoms with Crippen molar-refractivity contribution in [3.63, 3.8) is 0 Å². The Morgan fingerprint density at radius 3 is 2.10 bits per heavy atom. The van der Waals surface area contributed by atoms with E-state index in [0.717, 1.165) is 87.6 Å². The van der Waals surface area contributed by atoms with Gasteiger partial charge in [-0.15, -0.1) is 0 Å². The number of nitrogens with zero attached hydrogens (tertiary/aromatic N) is 4. The summed E-state index contributed by atoms with van der Waals surface area (Å²) >= 11 is 0. The SMILES string of the molecule is COC(=O)N[C@H](C(=O)N1C[Si](C)(C)C[C@H]1c1ncc(-c2ccc(-c3ccc4c(ccc5[nH]c([C@@H]6CCCN6C(=O)[C@@H](NC(=O)OC)C(C)C)nc54)c3)cc2C2CC2)[nH]1)C(C)C. The number of hydrogen-bond donors (Lipinski definition) is 4. The van der Waals surface area contributed by atoms with E-state index in [-0.39, 0.29) is 35.7 Å². The quantitative estimate of drug-likeness (QED) is 0.0963. The number of rotatable bonds is 11. The van der Waals surface area contributed by atoms with E-state index in [9.17, 15) is 19.2 Å². The van der Waals surface area contributed by atoms with E-state index < -0.39 is 32.3 Å². The third-order valence-corrected chi connectivity index (χ3v) is 15.4. The molecule has 5 aromatic rings. The van der Waals surface area contributed by atoms with Gasteiger partial charge in [-0.3, -0.25) is 9.59 Å². The van der Waals surface area contributed by atoms with Crippen LogP contribution in [0.5, 0.6) is 0 Å². The second kappa shape index (κ2) is 16.6. The normalized spacial score (nSPS) is 19.8. The van der Waals surface area contributed by atoms with Gasteiger partial charge in [0, 0.05) is 23.7 Å². The van der Waals surface area contributed by atoms with Crippen molar-refractivity contribution in [3.05, 3.63) is 71.9 Å². The first-order chi connectivity index (χ1) is 29.2. The lowest BCUT2D eigenvalue weighted by Gasteiger charge is -2.30. The van der Waals surface area contributed by atoms with Crippen LogP contribution in [0.3, 0.4) is 0 Å². The van der Waals surface area contributed by atoms with Crippen molar-refractivity contribution < 1.29 is 28.7 Å². The minimum absolute atomic E-state index is 0.105. The molecule has 4 heterocycles. The Morgan fingerprint density at radius 2 is 1.44 bits per heavy atom. The molecule has 2 aromatic heterocycles. The number of nitrogens with one attached hydrogen (secondary N) is 4. The van der Waals surface area contributed by atoms with E-state index in [1.807, 2.05) is 43.7 Å². The zero-order valence-electron chi connectivity index (χ0n) is 36.4. The minimum atomic E-state index is -1.77. The maximum absolute atomic E-state index is 14.0. The smallest absolute Gasteiger partial charge is 0.407 e. The molecule has 0 spiro atoms. The average Bonchev–Trinajstić information content (AvgIpc) is 3.57. The molecule has 3 aliphatic rings. The molecule has 0 radical (unpaired) electrons. The number of hydrogen-bond acceptors (Lipinski definition) is 8. The average molecular weight is 847 g/mol. The Bertz CT molecular complexity index is 2490. The van der Waals surface area contributed by atoms with Crippen LogP contribution >= 0.6 is 0 Å². The molecule has 61 heavy (non-hydrogen) atoms. The van der Waals surface area contributed by atoms with Crippen molar-refractivity contribution >= 4 is 53.9 Å². The number of methoxy groups -OCH3 is 2. The van der Waals surface area contributed by atoms with Crippen molar-refractivity contribution in [1.29, 1.82) is 0 Å². The summed E-state index contributed by atoms with van der Waals surface area (Å²) in [7, 11) is 0.841. The fraction of sp³-hybridized carbons (Fsp3) is 0.478. The first-order valence-corrected chi connectivity index (χ1v) is 25.0. The van der Waals surface area contributed by atoms with Crippen LogP contribution in [0, 0.1) is 11.8 Å². The summed E-state index contributed by atoms with van der Waals surface area (Å²) in [5, 5.41) is 7.60. The van der Waals surface area contributed by atoms with E-state index in [1.165, 1.54) is 19.8 Å². The number of imidazole rings is 2. The maximum Gasteiger partial charge on any atom is 0.407 e. The van der Waals surface area contributed by atoms with Crippen molar-refractivity contribution in [2.45, 2.75) is 103 Å². The molecule has 0 unspecified atom stereocenters. The Hall–Kier alpha value is -5.70. The van der Waals surface area contributed by atoms with Gasteiger partial charge < -0.3 is 39.9 Å². The lowest BCUT2D eigenvalue weighted by atomic mass is 9.94. The van der Waals surface area contributed by atoms with Crippen LogP contribution < -0.4 is 10.6 Å². The summed E-state index contributed by atoms with van der Waals surface area (Å²) in [6.07, 6.45) is 5.25. The fourth-order valence-corrected chi connectivity index (χ4v) is 12.2. The Labute approximate surface area is 357 Å². The molecule has 4 N–H and O–H groups in total. The molecule has 2 aliphatic heterocycles. The Balaban J connectivity index is 1.05.